The van der Waals surface area contributed by atoms with E-state index in [9.17, 15) is 40.7 Å². The Hall–Kier alpha value is -5.01. The van der Waals surface area contributed by atoms with Gasteiger partial charge in [-0.05, 0) is 110 Å². The second kappa shape index (κ2) is 18.5. The van der Waals surface area contributed by atoms with Gasteiger partial charge < -0.3 is 21.3 Å². The number of carbonyl (C=O) groups excluding carboxylic acids is 3. The van der Waals surface area contributed by atoms with Gasteiger partial charge in [0.05, 0.1) is 0 Å². The summed E-state index contributed by atoms with van der Waals surface area (Å²) in [5, 5.41) is 6.00. The summed E-state index contributed by atoms with van der Waals surface area (Å²) in [6, 6.07) is 15.3. The maximum absolute atomic E-state index is 13.7. The molecule has 0 saturated carbocycles. The molecule has 2 aliphatic carbocycles. The molecule has 2 fully saturated rings. The number of halogens is 6. The normalized spacial score (nSPS) is 17.6. The number of Topliss-reactive ketones (excluding diaryl/α,β-unsaturated/α-hetero) is 2. The lowest BCUT2D eigenvalue weighted by atomic mass is 9.66. The SMILES string of the molecule is C.NCc1ccc(F)cc1F.O=C1CC2(CCN(C(=O)NCc3ccc(F)cc3F)CC2)Cc2ccc(F)cc21.O=C1CC2(CCNCC2)Cc2ccc(F)cc21. The Balaban J connectivity index is 0.000000186. The first-order valence-corrected chi connectivity index (χ1v) is 18.7. The van der Waals surface area contributed by atoms with Crippen LogP contribution >= 0.6 is 0 Å². The number of fused-ring (bicyclic) bond motifs is 2. The first-order chi connectivity index (χ1) is 26.8. The van der Waals surface area contributed by atoms with Gasteiger partial charge in [-0.3, -0.25) is 9.59 Å². The number of nitrogens with one attached hydrogen (secondary N) is 2. The molecule has 57 heavy (non-hydrogen) atoms. The number of rotatable bonds is 3. The average molecular weight is 795 g/mol. The molecule has 0 bridgehead atoms. The molecular formula is C44H48F6N4O3. The van der Waals surface area contributed by atoms with Crippen LogP contribution in [0.5, 0.6) is 0 Å². The molecule has 0 radical (unpaired) electrons. The molecule has 4 N–H and O–H groups in total. The van der Waals surface area contributed by atoms with Gasteiger partial charge in [0, 0.05) is 73.4 Å². The monoisotopic (exact) mass is 794 g/mol. The van der Waals surface area contributed by atoms with Crippen molar-refractivity contribution in [2.75, 3.05) is 26.2 Å². The maximum Gasteiger partial charge on any atom is 0.317 e. The van der Waals surface area contributed by atoms with Crippen molar-refractivity contribution in [3.8, 4) is 0 Å². The van der Waals surface area contributed by atoms with Crippen molar-refractivity contribution in [1.29, 1.82) is 0 Å². The summed E-state index contributed by atoms with van der Waals surface area (Å²) in [7, 11) is 0. The van der Waals surface area contributed by atoms with Crippen molar-refractivity contribution < 1.29 is 40.7 Å². The lowest BCUT2D eigenvalue weighted by Crippen LogP contribution is -2.49. The molecule has 13 heteroatoms. The van der Waals surface area contributed by atoms with E-state index >= 15 is 0 Å². The van der Waals surface area contributed by atoms with Gasteiger partial charge in [0.2, 0.25) is 0 Å². The summed E-state index contributed by atoms with van der Waals surface area (Å²) in [5.74, 6) is -3.15. The molecule has 304 valence electrons. The van der Waals surface area contributed by atoms with E-state index in [0.29, 0.717) is 61.9 Å². The Bertz CT molecular complexity index is 2100. The summed E-state index contributed by atoms with van der Waals surface area (Å²) in [6.07, 6.45) is 6.03. The molecule has 2 aliphatic heterocycles. The Morgan fingerprint density at radius 3 is 1.54 bits per heavy atom. The largest absolute Gasteiger partial charge is 0.334 e. The quantitative estimate of drug-likeness (QED) is 0.180. The van der Waals surface area contributed by atoms with Gasteiger partial charge in [0.15, 0.2) is 11.6 Å². The van der Waals surface area contributed by atoms with Crippen LogP contribution in [0.25, 0.3) is 0 Å². The predicted molar refractivity (Wildman–Crippen MR) is 205 cm³/mol. The number of carbonyl (C=O) groups is 3. The molecule has 8 rings (SSSR count). The molecule has 7 nitrogen and oxygen atoms in total. The van der Waals surface area contributed by atoms with Crippen molar-refractivity contribution in [3.05, 3.63) is 141 Å². The summed E-state index contributed by atoms with van der Waals surface area (Å²) in [4.78, 5) is 38.7. The van der Waals surface area contributed by atoms with Crippen LogP contribution in [0, 0.1) is 45.7 Å². The fourth-order valence-electron chi connectivity index (χ4n) is 8.21. The van der Waals surface area contributed by atoms with Crippen LogP contribution < -0.4 is 16.4 Å². The highest BCUT2D eigenvalue weighted by atomic mass is 19.2. The Morgan fingerprint density at radius 2 is 1.07 bits per heavy atom. The van der Waals surface area contributed by atoms with Crippen LogP contribution in [0.2, 0.25) is 0 Å². The van der Waals surface area contributed by atoms with Crippen molar-refractivity contribution in [1.82, 2.24) is 15.5 Å². The molecule has 0 aromatic heterocycles. The maximum atomic E-state index is 13.7. The number of nitrogens with two attached hydrogens (primary N) is 1. The third-order valence-electron chi connectivity index (χ3n) is 11.4. The second-order valence-corrected chi connectivity index (χ2v) is 15.2. The minimum Gasteiger partial charge on any atom is -0.334 e. The van der Waals surface area contributed by atoms with Gasteiger partial charge in [-0.2, -0.15) is 0 Å². The summed E-state index contributed by atoms with van der Waals surface area (Å²) < 4.78 is 78.0. The van der Waals surface area contributed by atoms with Crippen LogP contribution in [0.1, 0.15) is 88.9 Å². The van der Waals surface area contributed by atoms with Gasteiger partial charge in [-0.25, -0.2) is 31.1 Å². The van der Waals surface area contributed by atoms with Crippen molar-refractivity contribution in [2.24, 2.45) is 16.6 Å². The van der Waals surface area contributed by atoms with E-state index in [1.807, 2.05) is 0 Å². The standard InChI is InChI=1S/C22H21F3N2O2.C14H16FNO.C7H7F2N.CH4/c23-16-3-1-14-11-22(12-20(28)18(14)9-16)5-7-27(8-6-22)21(29)26-13-15-2-4-17(24)10-19(15)25;15-11-2-1-10-8-14(3-5-16-6-4-14)9-13(17)12(10)7-11;8-6-2-1-5(4-10)7(9)3-6;/h1-4,9-10H,5-8,11-13H2,(H,26,29);1-2,7,16H,3-6,8-9H2;1-3H,4,10H2;1H4. The predicted octanol–water partition coefficient (Wildman–Crippen LogP) is 8.61. The van der Waals surface area contributed by atoms with Crippen molar-refractivity contribution >= 4 is 17.6 Å². The van der Waals surface area contributed by atoms with Gasteiger partial charge in [-0.1, -0.05) is 31.7 Å². The lowest BCUT2D eigenvalue weighted by molar-refractivity contribution is 0.0734. The van der Waals surface area contributed by atoms with Crippen LogP contribution in [-0.4, -0.2) is 48.7 Å². The molecule has 2 heterocycles. The molecule has 2 amide bonds. The highest BCUT2D eigenvalue weighted by Gasteiger charge is 2.42. The number of piperidine rings is 2. The number of benzene rings is 4. The Labute approximate surface area is 329 Å². The van der Waals surface area contributed by atoms with E-state index < -0.39 is 29.1 Å². The van der Waals surface area contributed by atoms with Gasteiger partial charge in [0.1, 0.15) is 34.9 Å². The fraction of sp³-hybridized carbons (Fsp3) is 0.386. The number of amides is 2. The first kappa shape index (κ1) is 43.1. The third kappa shape index (κ3) is 10.5. The smallest absolute Gasteiger partial charge is 0.317 e. The van der Waals surface area contributed by atoms with E-state index in [1.165, 1.54) is 42.5 Å². The number of likely N-dealkylation sites (tertiary alicyclic amines) is 1. The van der Waals surface area contributed by atoms with Gasteiger partial charge in [-0.15, -0.1) is 0 Å². The summed E-state index contributed by atoms with van der Waals surface area (Å²) >= 11 is 0. The summed E-state index contributed by atoms with van der Waals surface area (Å²) in [6.45, 7) is 3.03. The van der Waals surface area contributed by atoms with Gasteiger partial charge >= 0.3 is 6.03 Å². The molecular weight excluding hydrogens is 746 g/mol. The van der Waals surface area contributed by atoms with Crippen LogP contribution in [-0.2, 0) is 25.9 Å². The topological polar surface area (TPSA) is 105 Å². The third-order valence-corrected chi connectivity index (χ3v) is 11.4. The number of hydrogen-bond acceptors (Lipinski definition) is 5. The Morgan fingerprint density at radius 1 is 0.632 bits per heavy atom. The van der Waals surface area contributed by atoms with E-state index in [0.717, 1.165) is 61.7 Å². The number of hydrogen-bond donors (Lipinski definition) is 3. The molecule has 4 aromatic rings. The van der Waals surface area contributed by atoms with E-state index in [1.54, 1.807) is 17.0 Å². The number of urea groups is 1. The highest BCUT2D eigenvalue weighted by Crippen LogP contribution is 2.44. The van der Waals surface area contributed by atoms with Crippen molar-refractivity contribution in [2.45, 2.75) is 71.9 Å². The van der Waals surface area contributed by atoms with E-state index in [-0.39, 0.29) is 60.3 Å². The van der Waals surface area contributed by atoms with Crippen molar-refractivity contribution in [3.63, 3.8) is 0 Å². The second-order valence-electron chi connectivity index (χ2n) is 15.2. The van der Waals surface area contributed by atoms with Crippen LogP contribution in [0.15, 0.2) is 72.8 Å². The number of nitrogens with zero attached hydrogens (tertiary/aromatic N) is 1. The fourth-order valence-corrected chi connectivity index (χ4v) is 8.21. The zero-order valence-corrected chi connectivity index (χ0v) is 30.8. The number of ketones is 2. The molecule has 0 unspecified atom stereocenters. The minimum absolute atomic E-state index is 0. The van der Waals surface area contributed by atoms with Crippen LogP contribution in [0.3, 0.4) is 0 Å². The average Bonchev–Trinajstić information content (AvgIpc) is 3.16. The van der Waals surface area contributed by atoms with Crippen LogP contribution in [0.4, 0.5) is 31.1 Å². The molecule has 2 spiro atoms. The highest BCUT2D eigenvalue weighted by molar-refractivity contribution is 5.99. The zero-order valence-electron chi connectivity index (χ0n) is 30.8. The lowest BCUT2D eigenvalue weighted by Gasteiger charge is -2.44. The minimum atomic E-state index is -0.696. The van der Waals surface area contributed by atoms with E-state index in [4.69, 9.17) is 5.73 Å². The zero-order chi connectivity index (χ0) is 40.0. The molecule has 4 aliphatic rings. The Kier molecular flexibility index (Phi) is 14.0. The molecule has 2 saturated heterocycles. The molecule has 0 atom stereocenters. The first-order valence-electron chi connectivity index (χ1n) is 18.7. The van der Waals surface area contributed by atoms with E-state index in [2.05, 4.69) is 10.6 Å². The summed E-state index contributed by atoms with van der Waals surface area (Å²) in [5.41, 5.74) is 8.59. The molecule has 4 aromatic carbocycles. The van der Waals surface area contributed by atoms with Gasteiger partial charge in [0.25, 0.3) is 0 Å².